The Morgan fingerprint density at radius 3 is 2.34 bits per heavy atom. The molecule has 1 atom stereocenters. The molecule has 2 aromatic rings. The number of halogens is 3. The van der Waals surface area contributed by atoms with Crippen LogP contribution in [0.1, 0.15) is 29.5 Å². The number of benzene rings is 2. The predicted molar refractivity (Wildman–Crippen MR) is 110 cm³/mol. The summed E-state index contributed by atoms with van der Waals surface area (Å²) in [4.78, 5) is 28.7. The molecule has 166 valence electrons. The zero-order valence-electron chi connectivity index (χ0n) is 17.1. The molecule has 0 spiro atoms. The van der Waals surface area contributed by atoms with Crippen molar-refractivity contribution in [3.8, 4) is 6.07 Å². The van der Waals surface area contributed by atoms with E-state index in [1.165, 1.54) is 11.0 Å². The van der Waals surface area contributed by atoms with E-state index in [0.29, 0.717) is 12.8 Å². The fourth-order valence-electron chi connectivity index (χ4n) is 4.35. The number of nitriles is 1. The number of hydrogen-bond donors (Lipinski definition) is 1. The van der Waals surface area contributed by atoms with Crippen LogP contribution >= 0.6 is 0 Å². The minimum atomic E-state index is -4.68. The van der Waals surface area contributed by atoms with E-state index >= 15 is 0 Å². The van der Waals surface area contributed by atoms with E-state index in [0.717, 1.165) is 17.7 Å². The summed E-state index contributed by atoms with van der Waals surface area (Å²) in [7, 11) is 0. The fraction of sp³-hybridized carbons (Fsp3) is 0.348. The number of amides is 2. The number of nitrogens with zero attached hydrogens (tertiary/aromatic N) is 3. The summed E-state index contributed by atoms with van der Waals surface area (Å²) in [6.07, 6.45) is -3.34. The molecule has 2 aromatic carbocycles. The van der Waals surface area contributed by atoms with Crippen molar-refractivity contribution in [2.75, 3.05) is 24.5 Å². The molecule has 2 N–H and O–H groups in total. The standard InChI is InChI=1S/C23H21F3N4O2/c24-23(25,26)18-12-17(7-6-15(18)13-27)29-10-11-30(19(14-29)20(28)31)21(32)22(8-9-22)16-4-2-1-3-5-16/h1-7,12,19H,8-11,14H2,(H2,28,31). The minimum absolute atomic E-state index is 0.0187. The van der Waals surface area contributed by atoms with Crippen LogP contribution in [0.15, 0.2) is 48.5 Å². The van der Waals surface area contributed by atoms with Crippen LogP contribution in [0.4, 0.5) is 18.9 Å². The first-order chi connectivity index (χ1) is 15.2. The summed E-state index contributed by atoms with van der Waals surface area (Å²) in [6.45, 7) is 0.376. The monoisotopic (exact) mass is 442 g/mol. The molecule has 1 aliphatic carbocycles. The third-order valence-electron chi connectivity index (χ3n) is 6.25. The predicted octanol–water partition coefficient (Wildman–Crippen LogP) is 2.81. The van der Waals surface area contributed by atoms with Gasteiger partial charge < -0.3 is 15.5 Å². The van der Waals surface area contributed by atoms with Gasteiger partial charge in [-0.15, -0.1) is 0 Å². The lowest BCUT2D eigenvalue weighted by molar-refractivity contribution is -0.142. The van der Waals surface area contributed by atoms with Crippen LogP contribution < -0.4 is 10.6 Å². The van der Waals surface area contributed by atoms with Gasteiger partial charge in [0.15, 0.2) is 0 Å². The second-order valence-corrected chi connectivity index (χ2v) is 8.15. The molecule has 0 aromatic heterocycles. The van der Waals surface area contributed by atoms with Gasteiger partial charge in [-0.1, -0.05) is 30.3 Å². The van der Waals surface area contributed by atoms with Crippen molar-refractivity contribution in [2.45, 2.75) is 30.5 Å². The Morgan fingerprint density at radius 2 is 1.78 bits per heavy atom. The molecule has 0 radical (unpaired) electrons. The summed E-state index contributed by atoms with van der Waals surface area (Å²) in [6, 6.07) is 13.4. The number of hydrogen-bond acceptors (Lipinski definition) is 4. The van der Waals surface area contributed by atoms with Crippen molar-refractivity contribution in [2.24, 2.45) is 5.73 Å². The van der Waals surface area contributed by atoms with Gasteiger partial charge in [-0.25, -0.2) is 0 Å². The van der Waals surface area contributed by atoms with Gasteiger partial charge in [-0.2, -0.15) is 18.4 Å². The number of nitrogens with two attached hydrogens (primary N) is 1. The van der Waals surface area contributed by atoms with E-state index in [2.05, 4.69) is 0 Å². The van der Waals surface area contributed by atoms with Gasteiger partial charge in [0.05, 0.1) is 22.6 Å². The van der Waals surface area contributed by atoms with E-state index in [1.54, 1.807) is 11.0 Å². The molecule has 6 nitrogen and oxygen atoms in total. The lowest BCUT2D eigenvalue weighted by Gasteiger charge is -2.42. The number of rotatable bonds is 4. The van der Waals surface area contributed by atoms with Crippen LogP contribution in [0, 0.1) is 11.3 Å². The average Bonchev–Trinajstić information content (AvgIpc) is 3.60. The highest BCUT2D eigenvalue weighted by Gasteiger charge is 2.54. The van der Waals surface area contributed by atoms with Crippen LogP contribution in [-0.2, 0) is 21.2 Å². The van der Waals surface area contributed by atoms with Gasteiger partial charge in [0.2, 0.25) is 11.8 Å². The van der Waals surface area contributed by atoms with Gasteiger partial charge >= 0.3 is 6.18 Å². The lowest BCUT2D eigenvalue weighted by Crippen LogP contribution is -2.61. The third kappa shape index (κ3) is 3.77. The Morgan fingerprint density at radius 1 is 1.09 bits per heavy atom. The Bertz CT molecular complexity index is 1090. The SMILES string of the molecule is N#Cc1ccc(N2CCN(C(=O)C3(c4ccccc4)CC3)C(C(N)=O)C2)cc1C(F)(F)F. The first-order valence-corrected chi connectivity index (χ1v) is 10.2. The Balaban J connectivity index is 1.59. The quantitative estimate of drug-likeness (QED) is 0.789. The minimum Gasteiger partial charge on any atom is -0.368 e. The molecule has 1 aliphatic heterocycles. The van der Waals surface area contributed by atoms with Gasteiger partial charge in [-0.3, -0.25) is 9.59 Å². The van der Waals surface area contributed by atoms with E-state index in [4.69, 9.17) is 11.0 Å². The van der Waals surface area contributed by atoms with Crippen molar-refractivity contribution in [1.29, 1.82) is 5.26 Å². The van der Waals surface area contributed by atoms with E-state index in [1.807, 2.05) is 30.3 Å². The molecule has 2 fully saturated rings. The molecule has 4 rings (SSSR count). The highest BCUT2D eigenvalue weighted by atomic mass is 19.4. The van der Waals surface area contributed by atoms with Gasteiger partial charge in [0.25, 0.3) is 0 Å². The Kier molecular flexibility index (Phi) is 5.33. The van der Waals surface area contributed by atoms with Crippen molar-refractivity contribution >= 4 is 17.5 Å². The van der Waals surface area contributed by atoms with Crippen LogP contribution in [-0.4, -0.2) is 42.4 Å². The molecule has 1 saturated heterocycles. The second-order valence-electron chi connectivity index (χ2n) is 8.15. The summed E-state index contributed by atoms with van der Waals surface area (Å²) < 4.78 is 40.1. The number of alkyl halides is 3. The summed E-state index contributed by atoms with van der Waals surface area (Å²) >= 11 is 0. The lowest BCUT2D eigenvalue weighted by atomic mass is 9.93. The number of carbonyl (C=O) groups is 2. The van der Waals surface area contributed by atoms with Crippen molar-refractivity contribution in [3.63, 3.8) is 0 Å². The van der Waals surface area contributed by atoms with E-state index < -0.39 is 34.7 Å². The highest BCUT2D eigenvalue weighted by Crippen LogP contribution is 2.50. The maximum atomic E-state index is 13.4. The molecule has 32 heavy (non-hydrogen) atoms. The van der Waals surface area contributed by atoms with Crippen LogP contribution in [0.25, 0.3) is 0 Å². The normalized spacial score (nSPS) is 19.9. The van der Waals surface area contributed by atoms with Crippen LogP contribution in [0.3, 0.4) is 0 Å². The van der Waals surface area contributed by atoms with Crippen LogP contribution in [0.5, 0.6) is 0 Å². The fourth-order valence-corrected chi connectivity index (χ4v) is 4.35. The smallest absolute Gasteiger partial charge is 0.368 e. The number of carbonyl (C=O) groups excluding carboxylic acids is 2. The Hall–Kier alpha value is -3.54. The molecule has 2 amide bonds. The molecule has 0 bridgehead atoms. The number of piperazine rings is 1. The zero-order chi connectivity index (χ0) is 23.1. The zero-order valence-corrected chi connectivity index (χ0v) is 17.1. The molecular formula is C23H21F3N4O2. The first kappa shape index (κ1) is 21.7. The van der Waals surface area contributed by atoms with Crippen molar-refractivity contribution in [1.82, 2.24) is 4.90 Å². The summed E-state index contributed by atoms with van der Waals surface area (Å²) in [5.41, 5.74) is 4.53. The molecular weight excluding hydrogens is 421 g/mol. The maximum Gasteiger partial charge on any atom is 0.417 e. The summed E-state index contributed by atoms with van der Waals surface area (Å²) in [5, 5.41) is 9.00. The van der Waals surface area contributed by atoms with Crippen LogP contribution in [0.2, 0.25) is 0 Å². The topological polar surface area (TPSA) is 90.4 Å². The number of anilines is 1. The molecule has 1 heterocycles. The second kappa shape index (κ2) is 7.86. The third-order valence-corrected chi connectivity index (χ3v) is 6.25. The maximum absolute atomic E-state index is 13.4. The van der Waals surface area contributed by atoms with Gasteiger partial charge in [-0.05, 0) is 36.6 Å². The summed E-state index contributed by atoms with van der Waals surface area (Å²) in [5.74, 6) is -0.889. The molecule has 9 heteroatoms. The average molecular weight is 442 g/mol. The largest absolute Gasteiger partial charge is 0.417 e. The molecule has 1 saturated carbocycles. The Labute approximate surface area is 183 Å². The highest BCUT2D eigenvalue weighted by molar-refractivity contribution is 5.95. The number of primary amides is 1. The molecule has 1 unspecified atom stereocenters. The van der Waals surface area contributed by atoms with E-state index in [-0.39, 0.29) is 31.2 Å². The molecule has 2 aliphatic rings. The van der Waals surface area contributed by atoms with Gasteiger partial charge in [0.1, 0.15) is 6.04 Å². The van der Waals surface area contributed by atoms with Crippen molar-refractivity contribution in [3.05, 3.63) is 65.2 Å². The van der Waals surface area contributed by atoms with E-state index in [9.17, 15) is 22.8 Å². The van der Waals surface area contributed by atoms with Gasteiger partial charge in [0, 0.05) is 25.3 Å². The first-order valence-electron chi connectivity index (χ1n) is 10.2. The van der Waals surface area contributed by atoms with Crippen molar-refractivity contribution < 1.29 is 22.8 Å².